The molecule has 30 heavy (non-hydrogen) atoms. The maximum Gasteiger partial charge on any atom is 0.232 e. The summed E-state index contributed by atoms with van der Waals surface area (Å²) in [5, 5.41) is 3.60. The van der Waals surface area contributed by atoms with Gasteiger partial charge < -0.3 is 10.1 Å². The molecular weight excluding hydrogens is 444 g/mol. The number of anilines is 1. The van der Waals surface area contributed by atoms with Crippen molar-refractivity contribution in [3.63, 3.8) is 0 Å². The molecule has 2 aromatic carbocycles. The number of hydrogen-bond acceptors (Lipinski definition) is 5. The Bertz CT molecular complexity index is 921. The van der Waals surface area contributed by atoms with E-state index in [4.69, 9.17) is 16.3 Å². The number of carbonyl (C=O) groups excluding carboxylic acids is 1. The van der Waals surface area contributed by atoms with Gasteiger partial charge in [0.15, 0.2) is 0 Å². The Balaban J connectivity index is 1.71. The van der Waals surface area contributed by atoms with Gasteiger partial charge in [-0.15, -0.1) is 0 Å². The number of nitrogens with zero attached hydrogens (tertiary/aromatic N) is 1. The monoisotopic (exact) mass is 470 g/mol. The second-order valence-electron chi connectivity index (χ2n) is 6.67. The third-order valence-corrected chi connectivity index (χ3v) is 6.73. The third kappa shape index (κ3) is 8.45. The van der Waals surface area contributed by atoms with E-state index < -0.39 is 10.0 Å². The van der Waals surface area contributed by atoms with Gasteiger partial charge in [0, 0.05) is 42.1 Å². The molecule has 9 heteroatoms. The Morgan fingerprint density at radius 3 is 2.60 bits per heavy atom. The number of methoxy groups -OCH3 is 1. The molecule has 0 aliphatic heterocycles. The number of halogens is 1. The SMILES string of the molecule is COc1cccc(N(CCCC(=O)NCCSCc2ccc(Cl)cc2)S(C)(=O)=O)c1. The van der Waals surface area contributed by atoms with Crippen molar-refractivity contribution in [1.29, 1.82) is 0 Å². The van der Waals surface area contributed by atoms with Crippen LogP contribution in [0.25, 0.3) is 0 Å². The lowest BCUT2D eigenvalue weighted by Gasteiger charge is -2.22. The van der Waals surface area contributed by atoms with Crippen LogP contribution in [0.15, 0.2) is 48.5 Å². The van der Waals surface area contributed by atoms with Crippen LogP contribution in [0.2, 0.25) is 5.02 Å². The molecule has 0 fully saturated rings. The van der Waals surface area contributed by atoms with Crippen LogP contribution < -0.4 is 14.4 Å². The highest BCUT2D eigenvalue weighted by molar-refractivity contribution is 7.98. The van der Waals surface area contributed by atoms with Crippen molar-refractivity contribution in [2.24, 2.45) is 0 Å². The van der Waals surface area contributed by atoms with E-state index in [1.165, 1.54) is 17.0 Å². The van der Waals surface area contributed by atoms with Crippen LogP contribution in [0.1, 0.15) is 18.4 Å². The first-order chi connectivity index (χ1) is 14.3. The first kappa shape index (κ1) is 24.4. The zero-order chi connectivity index (χ0) is 22.0. The number of rotatable bonds is 12. The van der Waals surface area contributed by atoms with Gasteiger partial charge in [0.1, 0.15) is 5.75 Å². The number of carbonyl (C=O) groups is 1. The van der Waals surface area contributed by atoms with Crippen LogP contribution in [0.4, 0.5) is 5.69 Å². The largest absolute Gasteiger partial charge is 0.497 e. The highest BCUT2D eigenvalue weighted by Gasteiger charge is 2.18. The Morgan fingerprint density at radius 2 is 1.93 bits per heavy atom. The van der Waals surface area contributed by atoms with Crippen LogP contribution in [-0.2, 0) is 20.6 Å². The fourth-order valence-corrected chi connectivity index (χ4v) is 4.66. The lowest BCUT2D eigenvalue weighted by molar-refractivity contribution is -0.121. The first-order valence-electron chi connectivity index (χ1n) is 9.50. The highest BCUT2D eigenvalue weighted by atomic mass is 35.5. The highest BCUT2D eigenvalue weighted by Crippen LogP contribution is 2.23. The van der Waals surface area contributed by atoms with Gasteiger partial charge >= 0.3 is 0 Å². The van der Waals surface area contributed by atoms with Crippen LogP contribution >= 0.6 is 23.4 Å². The van der Waals surface area contributed by atoms with Gasteiger partial charge in [-0.25, -0.2) is 8.42 Å². The average Bonchev–Trinajstić information content (AvgIpc) is 2.71. The zero-order valence-corrected chi connectivity index (χ0v) is 19.5. The van der Waals surface area contributed by atoms with Gasteiger partial charge in [-0.2, -0.15) is 11.8 Å². The van der Waals surface area contributed by atoms with Crippen LogP contribution in [0.5, 0.6) is 5.75 Å². The molecule has 1 N–H and O–H groups in total. The van der Waals surface area contributed by atoms with Crippen LogP contribution in [-0.4, -0.2) is 46.5 Å². The molecule has 164 valence electrons. The van der Waals surface area contributed by atoms with E-state index in [1.807, 2.05) is 24.3 Å². The van der Waals surface area contributed by atoms with Gasteiger partial charge in [-0.3, -0.25) is 9.10 Å². The molecule has 6 nitrogen and oxygen atoms in total. The molecule has 0 bridgehead atoms. The van der Waals surface area contributed by atoms with E-state index in [-0.39, 0.29) is 18.9 Å². The number of thioether (sulfide) groups is 1. The maximum atomic E-state index is 12.2. The molecule has 0 unspecified atom stereocenters. The van der Waals surface area contributed by atoms with Crippen LogP contribution in [0, 0.1) is 0 Å². The summed E-state index contributed by atoms with van der Waals surface area (Å²) in [7, 11) is -1.93. The van der Waals surface area contributed by atoms with Crippen molar-refractivity contribution >= 4 is 45.0 Å². The van der Waals surface area contributed by atoms with E-state index in [0.29, 0.717) is 24.4 Å². The second kappa shape index (κ2) is 12.1. The predicted molar refractivity (Wildman–Crippen MR) is 125 cm³/mol. The summed E-state index contributed by atoms with van der Waals surface area (Å²) in [5.41, 5.74) is 1.71. The van der Waals surface area contributed by atoms with Gasteiger partial charge in [-0.1, -0.05) is 29.8 Å². The van der Waals surface area contributed by atoms with Crippen molar-refractivity contribution in [3.05, 3.63) is 59.1 Å². The van der Waals surface area contributed by atoms with Crippen molar-refractivity contribution in [2.45, 2.75) is 18.6 Å². The third-order valence-electron chi connectivity index (χ3n) is 4.26. The van der Waals surface area contributed by atoms with E-state index >= 15 is 0 Å². The molecule has 2 rings (SSSR count). The fourth-order valence-electron chi connectivity index (χ4n) is 2.76. The second-order valence-corrected chi connectivity index (χ2v) is 10.1. The number of sulfonamides is 1. The summed E-state index contributed by atoms with van der Waals surface area (Å²) < 4.78 is 30.8. The minimum atomic E-state index is -3.46. The Labute approximate surface area is 188 Å². The van der Waals surface area contributed by atoms with E-state index in [2.05, 4.69) is 5.32 Å². The van der Waals surface area contributed by atoms with Crippen molar-refractivity contribution in [1.82, 2.24) is 5.32 Å². The van der Waals surface area contributed by atoms with Crippen molar-refractivity contribution in [2.75, 3.05) is 36.5 Å². The number of hydrogen-bond donors (Lipinski definition) is 1. The van der Waals surface area contributed by atoms with Crippen LogP contribution in [0.3, 0.4) is 0 Å². The molecule has 0 aromatic heterocycles. The fraction of sp³-hybridized carbons (Fsp3) is 0.381. The van der Waals surface area contributed by atoms with E-state index in [9.17, 15) is 13.2 Å². The average molecular weight is 471 g/mol. The standard InChI is InChI=1S/C21H27ClN2O4S2/c1-28-20-6-3-5-19(15-20)24(30(2,26)27)13-4-7-21(25)23-12-14-29-16-17-8-10-18(22)11-9-17/h3,5-6,8-11,15H,4,7,12-14,16H2,1-2H3,(H,23,25). The zero-order valence-electron chi connectivity index (χ0n) is 17.1. The lowest BCUT2D eigenvalue weighted by atomic mass is 10.2. The quantitative estimate of drug-likeness (QED) is 0.475. The molecule has 0 atom stereocenters. The summed E-state index contributed by atoms with van der Waals surface area (Å²) in [6, 6.07) is 14.6. The molecular formula is C21H27ClN2O4S2. The molecule has 0 saturated carbocycles. The molecule has 0 aliphatic carbocycles. The summed E-state index contributed by atoms with van der Waals surface area (Å²) in [4.78, 5) is 12.1. The number of nitrogens with one attached hydrogen (secondary N) is 1. The molecule has 0 saturated heterocycles. The Kier molecular flexibility index (Phi) is 9.81. The normalized spacial score (nSPS) is 11.2. The Morgan fingerprint density at radius 1 is 1.20 bits per heavy atom. The smallest absolute Gasteiger partial charge is 0.232 e. The molecule has 1 amide bonds. The van der Waals surface area contributed by atoms with E-state index in [1.54, 1.807) is 36.0 Å². The van der Waals surface area contributed by atoms with Crippen molar-refractivity contribution in [3.8, 4) is 5.75 Å². The minimum absolute atomic E-state index is 0.0822. The topological polar surface area (TPSA) is 75.7 Å². The van der Waals surface area contributed by atoms with Gasteiger partial charge in [-0.05, 0) is 36.2 Å². The number of amides is 1. The molecule has 0 radical (unpaired) electrons. The summed E-state index contributed by atoms with van der Waals surface area (Å²) in [6.07, 6.45) is 1.84. The van der Waals surface area contributed by atoms with E-state index in [0.717, 1.165) is 22.8 Å². The number of ether oxygens (including phenoxy) is 1. The summed E-state index contributed by atoms with van der Waals surface area (Å²) >= 11 is 7.60. The Hall–Kier alpha value is -1.90. The molecule has 2 aromatic rings. The lowest BCUT2D eigenvalue weighted by Crippen LogP contribution is -2.32. The molecule has 0 spiro atoms. The molecule has 0 heterocycles. The summed E-state index contributed by atoms with van der Waals surface area (Å²) in [6.45, 7) is 0.799. The van der Waals surface area contributed by atoms with Crippen molar-refractivity contribution < 1.29 is 17.9 Å². The first-order valence-corrected chi connectivity index (χ1v) is 12.9. The molecule has 0 aliphatic rings. The maximum absolute atomic E-state index is 12.2. The van der Waals surface area contributed by atoms with Gasteiger partial charge in [0.25, 0.3) is 0 Å². The predicted octanol–water partition coefficient (Wildman–Crippen LogP) is 3.94. The summed E-state index contributed by atoms with van der Waals surface area (Å²) in [5.74, 6) is 2.15. The van der Waals surface area contributed by atoms with Gasteiger partial charge in [0.2, 0.25) is 15.9 Å². The minimum Gasteiger partial charge on any atom is -0.497 e. The number of benzene rings is 2. The van der Waals surface area contributed by atoms with Gasteiger partial charge in [0.05, 0.1) is 19.1 Å².